The third-order valence-corrected chi connectivity index (χ3v) is 4.15. The molecule has 11 heteroatoms. The van der Waals surface area contributed by atoms with Crippen molar-refractivity contribution >= 4 is 17.5 Å². The molecule has 0 fully saturated rings. The van der Waals surface area contributed by atoms with Gasteiger partial charge in [0.2, 0.25) is 0 Å². The third kappa shape index (κ3) is 4.45. The number of hydrogen-bond donors (Lipinski definition) is 3. The molecule has 0 aliphatic rings. The number of halogens is 3. The van der Waals surface area contributed by atoms with E-state index in [2.05, 4.69) is 15.4 Å². The molecule has 0 atom stereocenters. The normalized spacial score (nSPS) is 11.6. The number of carboxylic acids is 1. The van der Waals surface area contributed by atoms with Gasteiger partial charge in [-0.3, -0.25) is 9.59 Å². The minimum Gasteiger partial charge on any atom is -0.505 e. The number of nitrogens with one attached hydrogen (secondary N) is 1. The molecule has 2 heterocycles. The van der Waals surface area contributed by atoms with Crippen LogP contribution in [0.2, 0.25) is 0 Å². The molecule has 0 unspecified atom stereocenters. The number of amides is 1. The van der Waals surface area contributed by atoms with Crippen molar-refractivity contribution in [2.75, 3.05) is 6.54 Å². The number of carbonyl (C=O) groups is 2. The van der Waals surface area contributed by atoms with E-state index in [9.17, 15) is 27.9 Å². The first-order valence-electron chi connectivity index (χ1n) is 8.37. The van der Waals surface area contributed by atoms with E-state index in [1.54, 1.807) is 6.07 Å². The highest BCUT2D eigenvalue weighted by Gasteiger charge is 2.30. The van der Waals surface area contributed by atoms with Crippen LogP contribution in [0, 0.1) is 0 Å². The highest BCUT2D eigenvalue weighted by Crippen LogP contribution is 2.30. The van der Waals surface area contributed by atoms with E-state index >= 15 is 0 Å². The van der Waals surface area contributed by atoms with Crippen LogP contribution >= 0.6 is 0 Å². The number of hydrogen-bond acceptors (Lipinski definition) is 5. The fourth-order valence-corrected chi connectivity index (χ4v) is 2.85. The Balaban J connectivity index is 1.87. The van der Waals surface area contributed by atoms with Crippen molar-refractivity contribution in [2.24, 2.45) is 0 Å². The number of benzene rings is 1. The second-order valence-electron chi connectivity index (χ2n) is 6.17. The second-order valence-corrected chi connectivity index (χ2v) is 6.17. The van der Waals surface area contributed by atoms with Crippen molar-refractivity contribution in [3.8, 4) is 5.75 Å². The molecule has 2 aromatic heterocycles. The quantitative estimate of drug-likeness (QED) is 0.575. The van der Waals surface area contributed by atoms with Gasteiger partial charge < -0.3 is 15.5 Å². The van der Waals surface area contributed by atoms with Gasteiger partial charge in [-0.25, -0.2) is 9.50 Å². The molecule has 3 N–H and O–H groups in total. The van der Waals surface area contributed by atoms with Crippen LogP contribution in [0.1, 0.15) is 27.2 Å². The highest BCUT2D eigenvalue weighted by atomic mass is 19.4. The van der Waals surface area contributed by atoms with Crippen LogP contribution in [0.4, 0.5) is 13.2 Å². The molecule has 0 saturated heterocycles. The average Bonchev–Trinajstić information content (AvgIpc) is 3.13. The molecule has 3 rings (SSSR count). The topological polar surface area (TPSA) is 117 Å². The number of carbonyl (C=O) groups excluding carboxylic acids is 1. The highest BCUT2D eigenvalue weighted by molar-refractivity contribution is 5.97. The number of aromatic hydroxyl groups is 1. The minimum absolute atomic E-state index is 0.230. The van der Waals surface area contributed by atoms with Gasteiger partial charge in [-0.2, -0.15) is 18.3 Å². The van der Waals surface area contributed by atoms with E-state index in [0.29, 0.717) is 11.1 Å². The minimum atomic E-state index is -4.44. The standard InChI is InChI=1S/C18H15F3N4O4/c19-18(20,21)12-3-1-2-10(6-12)4-5-11-7-13(26)15(17(29)22-8-14(27)28)25-16(11)23-9-24-25/h1-3,6-7,9,26H,4-5,8H2,(H,22,29)(H,27,28). The predicted molar refractivity (Wildman–Crippen MR) is 93.5 cm³/mol. The van der Waals surface area contributed by atoms with Crippen LogP contribution in [0.25, 0.3) is 5.65 Å². The smallest absolute Gasteiger partial charge is 0.416 e. The van der Waals surface area contributed by atoms with Crippen LogP contribution in [0.3, 0.4) is 0 Å². The number of carboxylic acid groups (broad SMARTS) is 1. The largest absolute Gasteiger partial charge is 0.505 e. The monoisotopic (exact) mass is 408 g/mol. The van der Waals surface area contributed by atoms with Gasteiger partial charge in [0.25, 0.3) is 5.91 Å². The first kappa shape index (κ1) is 20.1. The molecule has 29 heavy (non-hydrogen) atoms. The van der Waals surface area contributed by atoms with Gasteiger partial charge in [0.05, 0.1) is 5.56 Å². The fourth-order valence-electron chi connectivity index (χ4n) is 2.85. The zero-order chi connectivity index (χ0) is 21.2. The van der Waals surface area contributed by atoms with Gasteiger partial charge in [-0.15, -0.1) is 0 Å². The summed E-state index contributed by atoms with van der Waals surface area (Å²) >= 11 is 0. The number of pyridine rings is 1. The molecule has 0 aliphatic heterocycles. The molecule has 0 radical (unpaired) electrons. The molecule has 1 aromatic carbocycles. The Hall–Kier alpha value is -3.63. The zero-order valence-electron chi connectivity index (χ0n) is 14.8. The Kier molecular flexibility index (Phi) is 5.39. The van der Waals surface area contributed by atoms with Crippen molar-refractivity contribution < 1.29 is 33.0 Å². The summed E-state index contributed by atoms with van der Waals surface area (Å²) in [6.45, 7) is -0.647. The van der Waals surface area contributed by atoms with E-state index in [-0.39, 0.29) is 24.2 Å². The fraction of sp³-hybridized carbons (Fsp3) is 0.222. The van der Waals surface area contributed by atoms with Gasteiger partial charge >= 0.3 is 12.1 Å². The number of aliphatic carboxylic acids is 1. The number of nitrogens with zero attached hydrogens (tertiary/aromatic N) is 3. The zero-order valence-corrected chi connectivity index (χ0v) is 14.8. The maximum atomic E-state index is 12.9. The molecule has 3 aromatic rings. The van der Waals surface area contributed by atoms with Gasteiger partial charge in [0.1, 0.15) is 18.6 Å². The lowest BCUT2D eigenvalue weighted by Crippen LogP contribution is -2.31. The Morgan fingerprint density at radius 1 is 1.17 bits per heavy atom. The molecule has 1 amide bonds. The Morgan fingerprint density at radius 3 is 2.62 bits per heavy atom. The second kappa shape index (κ2) is 7.78. The molecule has 0 aliphatic carbocycles. The number of alkyl halides is 3. The van der Waals surface area contributed by atoms with Crippen LogP contribution in [0.5, 0.6) is 5.75 Å². The van der Waals surface area contributed by atoms with Crippen LogP contribution in [-0.2, 0) is 23.8 Å². The van der Waals surface area contributed by atoms with Crippen LogP contribution in [-0.4, -0.2) is 43.2 Å². The van der Waals surface area contributed by atoms with Crippen LogP contribution in [0.15, 0.2) is 36.7 Å². The molecule has 8 nitrogen and oxygen atoms in total. The molecular weight excluding hydrogens is 393 g/mol. The molecular formula is C18H15F3N4O4. The Bertz CT molecular complexity index is 1080. The van der Waals surface area contributed by atoms with E-state index in [1.807, 2.05) is 0 Å². The molecule has 152 valence electrons. The lowest BCUT2D eigenvalue weighted by atomic mass is 10.0. The first-order chi connectivity index (χ1) is 13.7. The summed E-state index contributed by atoms with van der Waals surface area (Å²) in [7, 11) is 0. The summed E-state index contributed by atoms with van der Waals surface area (Å²) in [6.07, 6.45) is -2.83. The number of aromatic nitrogens is 3. The summed E-state index contributed by atoms with van der Waals surface area (Å²) in [6, 6.07) is 6.18. The van der Waals surface area contributed by atoms with Crippen molar-refractivity contribution in [1.82, 2.24) is 19.9 Å². The van der Waals surface area contributed by atoms with Gasteiger partial charge in [-0.05, 0) is 30.5 Å². The SMILES string of the molecule is O=C(O)CNC(=O)c1c(O)cc(CCc2cccc(C(F)(F)F)c2)c2ncnn12. The summed E-state index contributed by atoms with van der Waals surface area (Å²) in [5.74, 6) is -2.57. The third-order valence-electron chi connectivity index (χ3n) is 4.15. The summed E-state index contributed by atoms with van der Waals surface area (Å²) < 4.78 is 39.6. The lowest BCUT2D eigenvalue weighted by Gasteiger charge is -2.11. The average molecular weight is 408 g/mol. The molecule has 0 bridgehead atoms. The van der Waals surface area contributed by atoms with E-state index < -0.39 is 35.9 Å². The van der Waals surface area contributed by atoms with E-state index in [0.717, 1.165) is 23.0 Å². The van der Waals surface area contributed by atoms with Crippen molar-refractivity contribution in [3.05, 3.63) is 59.0 Å². The predicted octanol–water partition coefficient (Wildman–Crippen LogP) is 2.05. The van der Waals surface area contributed by atoms with E-state index in [4.69, 9.17) is 5.11 Å². The number of rotatable bonds is 6. The molecule has 0 spiro atoms. The van der Waals surface area contributed by atoms with Gasteiger partial charge in [-0.1, -0.05) is 18.2 Å². The first-order valence-corrected chi connectivity index (χ1v) is 8.37. The Labute approximate surface area is 161 Å². The van der Waals surface area contributed by atoms with Gasteiger partial charge in [0.15, 0.2) is 11.3 Å². The summed E-state index contributed by atoms with van der Waals surface area (Å²) in [5.41, 5.74) is 0.0974. The number of aryl methyl sites for hydroxylation is 2. The lowest BCUT2D eigenvalue weighted by molar-refractivity contribution is -0.138. The van der Waals surface area contributed by atoms with Crippen molar-refractivity contribution in [3.63, 3.8) is 0 Å². The summed E-state index contributed by atoms with van der Waals surface area (Å²) in [4.78, 5) is 26.8. The maximum absolute atomic E-state index is 12.9. The van der Waals surface area contributed by atoms with Crippen molar-refractivity contribution in [1.29, 1.82) is 0 Å². The Morgan fingerprint density at radius 2 is 1.93 bits per heavy atom. The van der Waals surface area contributed by atoms with E-state index in [1.165, 1.54) is 12.1 Å². The summed E-state index contributed by atoms with van der Waals surface area (Å²) in [5, 5.41) is 24.9. The number of fused-ring (bicyclic) bond motifs is 1. The van der Waals surface area contributed by atoms with Gasteiger partial charge in [0, 0.05) is 5.56 Å². The van der Waals surface area contributed by atoms with Crippen LogP contribution < -0.4 is 5.32 Å². The molecule has 0 saturated carbocycles. The maximum Gasteiger partial charge on any atom is 0.416 e. The van der Waals surface area contributed by atoms with Crippen molar-refractivity contribution in [2.45, 2.75) is 19.0 Å².